The Morgan fingerprint density at radius 2 is 1.80 bits per heavy atom. The molecule has 0 aliphatic rings. The van der Waals surface area contributed by atoms with Gasteiger partial charge in [-0.05, 0) is 42.0 Å². The Morgan fingerprint density at radius 1 is 1.07 bits per heavy atom. The summed E-state index contributed by atoms with van der Waals surface area (Å²) in [5, 5.41) is 12.5. The maximum Gasteiger partial charge on any atom is 0.416 e. The molecule has 0 aliphatic heterocycles. The Hall–Kier alpha value is -5.25. The predicted octanol–water partition coefficient (Wildman–Crippen LogP) is 6.72. The maximum atomic E-state index is 14.8. The van der Waals surface area contributed by atoms with Gasteiger partial charge in [-0.3, -0.25) is 9.64 Å². The number of halogens is 4. The molecule has 4 aromatic rings. The number of carbonyl (C=O) groups is 1. The summed E-state index contributed by atoms with van der Waals surface area (Å²) in [5.41, 5.74) is -0.470. The molecule has 0 saturated heterocycles. The fourth-order valence-electron chi connectivity index (χ4n) is 3.47. The van der Waals surface area contributed by atoms with Crippen molar-refractivity contribution >= 4 is 34.7 Å². The lowest BCUT2D eigenvalue weighted by molar-refractivity contribution is -0.137. The van der Waals surface area contributed by atoms with Crippen molar-refractivity contribution in [1.29, 1.82) is 0 Å². The third-order valence-electron chi connectivity index (χ3n) is 5.66. The third-order valence-corrected chi connectivity index (χ3v) is 5.66. The number of benzene rings is 2. The van der Waals surface area contributed by atoms with Gasteiger partial charge in [-0.25, -0.2) is 15.9 Å². The third kappa shape index (κ3) is 6.24. The van der Waals surface area contributed by atoms with Gasteiger partial charge in [0.1, 0.15) is 11.6 Å². The highest BCUT2D eigenvalue weighted by Crippen LogP contribution is 2.35. The van der Waals surface area contributed by atoms with Gasteiger partial charge < -0.3 is 16.0 Å². The quantitative estimate of drug-likeness (QED) is 0.128. The molecule has 3 N–H and O–H groups in total. The number of alkyl halides is 3. The molecule has 4 rings (SSSR count). The van der Waals surface area contributed by atoms with Crippen LogP contribution in [0.25, 0.3) is 16.0 Å². The Balaban J connectivity index is 1.73. The van der Waals surface area contributed by atoms with Crippen molar-refractivity contribution in [3.05, 3.63) is 96.5 Å². The highest BCUT2D eigenvalue weighted by molar-refractivity contribution is 5.99. The van der Waals surface area contributed by atoms with E-state index in [-0.39, 0.29) is 28.7 Å². The molecule has 2 aromatic carbocycles. The van der Waals surface area contributed by atoms with Gasteiger partial charge in [0.05, 0.1) is 29.3 Å². The van der Waals surface area contributed by atoms with Gasteiger partial charge in [0, 0.05) is 31.3 Å². The van der Waals surface area contributed by atoms with Crippen LogP contribution in [0.15, 0.2) is 73.7 Å². The molecule has 40 heavy (non-hydrogen) atoms. The van der Waals surface area contributed by atoms with Crippen LogP contribution in [0, 0.1) is 12.4 Å². The van der Waals surface area contributed by atoms with Crippen LogP contribution in [0.1, 0.15) is 19.4 Å². The maximum absolute atomic E-state index is 14.8. The summed E-state index contributed by atoms with van der Waals surface area (Å²) in [7, 11) is 0. The summed E-state index contributed by atoms with van der Waals surface area (Å²) in [6.07, 6.45) is 0.968. The second kappa shape index (κ2) is 10.9. The van der Waals surface area contributed by atoms with E-state index in [0.717, 1.165) is 24.3 Å². The molecule has 13 heteroatoms. The zero-order chi connectivity index (χ0) is 29.1. The van der Waals surface area contributed by atoms with Gasteiger partial charge in [0.25, 0.3) is 0 Å². The molecule has 1 amide bonds. The minimum atomic E-state index is -4.52. The van der Waals surface area contributed by atoms with E-state index in [1.54, 1.807) is 20.0 Å². The molecular formula is C27H22F4N8O. The Morgan fingerprint density at radius 3 is 2.45 bits per heavy atom. The van der Waals surface area contributed by atoms with Crippen LogP contribution in [0.5, 0.6) is 0 Å². The summed E-state index contributed by atoms with van der Waals surface area (Å²) in [6.45, 7) is 14.1. The van der Waals surface area contributed by atoms with Crippen molar-refractivity contribution in [3.63, 3.8) is 0 Å². The van der Waals surface area contributed by atoms with Gasteiger partial charge in [-0.2, -0.15) is 27.9 Å². The standard InChI is InChI=1S/C27H22F4N8O/c1-5-23(40)35-18-10-11-21(28)22(12-18)37-24-20(16-6-8-17(9-7-16)27(29,30)31)14-33-25(38-24)36-19-13-34-39(15-19)26(2,3)32-4/h5-15H,1H2,2-3H3,(H,35,40)(H2,33,36,37,38). The van der Waals surface area contributed by atoms with Crippen molar-refractivity contribution < 1.29 is 22.4 Å². The van der Waals surface area contributed by atoms with Crippen molar-refractivity contribution in [3.8, 4) is 11.1 Å². The molecule has 0 unspecified atom stereocenters. The fraction of sp³-hybridized carbons (Fsp3) is 0.148. The smallest absolute Gasteiger partial charge is 0.337 e. The van der Waals surface area contributed by atoms with Crippen molar-refractivity contribution in [1.82, 2.24) is 19.7 Å². The molecule has 2 aromatic heterocycles. The van der Waals surface area contributed by atoms with Crippen LogP contribution < -0.4 is 16.0 Å². The topological polar surface area (TPSA) is 101 Å². The molecule has 0 atom stereocenters. The Labute approximate surface area is 226 Å². The number of aromatic nitrogens is 4. The van der Waals surface area contributed by atoms with Gasteiger partial charge in [0.15, 0.2) is 0 Å². The van der Waals surface area contributed by atoms with Gasteiger partial charge >= 0.3 is 11.8 Å². The lowest BCUT2D eigenvalue weighted by Crippen LogP contribution is -2.21. The SMILES string of the molecule is [C-]#[N+]C(C)(C)n1cc(Nc2ncc(-c3ccc(C(F)(F)F)cc3)c(Nc3cc(NC(=O)C=C)ccc3F)n2)cn1. The molecule has 0 aliphatic carbocycles. The van der Waals surface area contributed by atoms with Gasteiger partial charge in [-0.15, -0.1) is 0 Å². The lowest BCUT2D eigenvalue weighted by atomic mass is 10.1. The molecule has 0 saturated carbocycles. The van der Waals surface area contributed by atoms with E-state index in [2.05, 4.69) is 42.4 Å². The normalized spacial score (nSPS) is 11.4. The Kier molecular flexibility index (Phi) is 7.54. The summed E-state index contributed by atoms with van der Waals surface area (Å²) in [6, 6.07) is 8.18. The van der Waals surface area contributed by atoms with E-state index in [0.29, 0.717) is 11.3 Å². The van der Waals surface area contributed by atoms with Crippen molar-refractivity contribution in [2.24, 2.45) is 0 Å². The number of nitrogens with one attached hydrogen (secondary N) is 3. The first-order valence-corrected chi connectivity index (χ1v) is 11.6. The second-order valence-corrected chi connectivity index (χ2v) is 8.95. The van der Waals surface area contributed by atoms with E-state index < -0.39 is 29.1 Å². The first-order chi connectivity index (χ1) is 18.9. The minimum Gasteiger partial charge on any atom is -0.337 e. The highest BCUT2D eigenvalue weighted by atomic mass is 19.4. The van der Waals surface area contributed by atoms with Crippen LogP contribution in [-0.4, -0.2) is 25.7 Å². The number of anilines is 5. The van der Waals surface area contributed by atoms with Crippen LogP contribution >= 0.6 is 0 Å². The zero-order valence-corrected chi connectivity index (χ0v) is 21.2. The summed E-state index contributed by atoms with van der Waals surface area (Å²) >= 11 is 0. The molecular weight excluding hydrogens is 528 g/mol. The van der Waals surface area contributed by atoms with Crippen LogP contribution in [0.3, 0.4) is 0 Å². The molecule has 0 radical (unpaired) electrons. The summed E-state index contributed by atoms with van der Waals surface area (Å²) in [5.74, 6) is -1.05. The average Bonchev–Trinajstić information content (AvgIpc) is 3.40. The zero-order valence-electron chi connectivity index (χ0n) is 21.2. The average molecular weight is 551 g/mol. The lowest BCUT2D eigenvalue weighted by Gasteiger charge is -2.15. The molecule has 204 valence electrons. The molecule has 0 fully saturated rings. The summed E-state index contributed by atoms with van der Waals surface area (Å²) < 4.78 is 55.5. The van der Waals surface area contributed by atoms with Crippen LogP contribution in [0.2, 0.25) is 0 Å². The van der Waals surface area contributed by atoms with E-state index in [1.807, 2.05) is 0 Å². The predicted molar refractivity (Wildman–Crippen MR) is 142 cm³/mol. The van der Waals surface area contributed by atoms with Crippen LogP contribution in [0.4, 0.5) is 46.4 Å². The number of hydrogen-bond donors (Lipinski definition) is 3. The van der Waals surface area contributed by atoms with Gasteiger partial charge in [0.2, 0.25) is 11.9 Å². The number of amides is 1. The minimum absolute atomic E-state index is 0.0636. The van der Waals surface area contributed by atoms with Crippen LogP contribution in [-0.2, 0) is 16.6 Å². The number of carbonyl (C=O) groups excluding carboxylic acids is 1. The molecule has 0 spiro atoms. The van der Waals surface area contributed by atoms with E-state index in [4.69, 9.17) is 6.57 Å². The van der Waals surface area contributed by atoms with E-state index in [1.165, 1.54) is 41.3 Å². The summed E-state index contributed by atoms with van der Waals surface area (Å²) in [4.78, 5) is 23.9. The monoisotopic (exact) mass is 550 g/mol. The fourth-order valence-corrected chi connectivity index (χ4v) is 3.47. The van der Waals surface area contributed by atoms with E-state index in [9.17, 15) is 22.4 Å². The Bertz CT molecular complexity index is 1600. The number of hydrogen-bond acceptors (Lipinski definition) is 6. The number of rotatable bonds is 8. The molecule has 0 bridgehead atoms. The second-order valence-electron chi connectivity index (χ2n) is 8.95. The van der Waals surface area contributed by atoms with Crippen molar-refractivity contribution in [2.75, 3.05) is 16.0 Å². The highest BCUT2D eigenvalue weighted by Gasteiger charge is 2.30. The van der Waals surface area contributed by atoms with Crippen molar-refractivity contribution in [2.45, 2.75) is 25.7 Å². The first-order valence-electron chi connectivity index (χ1n) is 11.6. The van der Waals surface area contributed by atoms with E-state index >= 15 is 0 Å². The first kappa shape index (κ1) is 27.8. The molecule has 9 nitrogen and oxygen atoms in total. The number of nitrogens with zero attached hydrogens (tertiary/aromatic N) is 5. The van der Waals surface area contributed by atoms with Gasteiger partial charge in [-0.1, -0.05) is 18.7 Å². The largest absolute Gasteiger partial charge is 0.416 e. The molecule has 2 heterocycles.